The number of halogens is 2. The Balaban J connectivity index is 0.000000208. The van der Waals surface area contributed by atoms with Crippen molar-refractivity contribution in [2.24, 2.45) is 5.16 Å². The van der Waals surface area contributed by atoms with E-state index in [1.165, 1.54) is 30.5 Å². The monoisotopic (exact) mass is 376 g/mol. The lowest BCUT2D eigenvalue weighted by atomic mass is 10.1. The van der Waals surface area contributed by atoms with Crippen molar-refractivity contribution in [1.29, 1.82) is 0 Å². The predicted octanol–water partition coefficient (Wildman–Crippen LogP) is 4.92. The van der Waals surface area contributed by atoms with Gasteiger partial charge in [0.05, 0.1) is 11.7 Å². The van der Waals surface area contributed by atoms with Crippen molar-refractivity contribution in [2.45, 2.75) is 6.92 Å². The Kier molecular flexibility index (Phi) is 5.95. The van der Waals surface area contributed by atoms with Gasteiger partial charge in [-0.2, -0.15) is 0 Å². The Morgan fingerprint density at radius 1 is 1.31 bits per heavy atom. The fraction of sp³-hybridized carbons (Fsp3) is 0.0556. The lowest BCUT2D eigenvalue weighted by Crippen LogP contribution is -2.06. The van der Waals surface area contributed by atoms with Crippen molar-refractivity contribution in [2.75, 3.05) is 5.32 Å². The fourth-order valence-corrected chi connectivity index (χ4v) is 2.29. The normalized spacial score (nSPS) is 10.8. The van der Waals surface area contributed by atoms with E-state index in [1.807, 2.05) is 31.2 Å². The van der Waals surface area contributed by atoms with Crippen LogP contribution in [0.1, 0.15) is 11.1 Å². The molecule has 0 saturated heterocycles. The number of fused-ring (bicyclic) bond motifs is 1. The summed E-state index contributed by atoms with van der Waals surface area (Å²) in [6.45, 7) is 2.01. The Morgan fingerprint density at radius 2 is 2.04 bits per heavy atom. The van der Waals surface area contributed by atoms with Crippen LogP contribution in [0.25, 0.3) is 10.9 Å². The number of aromatic nitrogens is 1. The summed E-state index contributed by atoms with van der Waals surface area (Å²) < 4.78 is 18.7. The molecule has 0 fully saturated rings. The highest BCUT2D eigenvalue weighted by Gasteiger charge is 2.03. The molecule has 1 heterocycles. The molecule has 0 bridgehead atoms. The molecule has 0 radical (unpaired) electrons. The van der Waals surface area contributed by atoms with Gasteiger partial charge in [0.2, 0.25) is 0 Å². The van der Waals surface area contributed by atoms with Crippen LogP contribution in [0.4, 0.5) is 14.9 Å². The van der Waals surface area contributed by atoms with Crippen LogP contribution >= 0.6 is 11.6 Å². The molecule has 0 unspecified atom stereocenters. The number of hydrogen-bond acceptors (Lipinski definition) is 4. The molecule has 1 amide bonds. The van der Waals surface area contributed by atoms with E-state index >= 15 is 0 Å². The SMILES string of the molecule is O=C(O)Nc1ccc(F)cc1.[2H]ON=Cc1cc2cc(C)ccc2nc1Cl. The first kappa shape index (κ1) is 17.6. The molecule has 0 aliphatic rings. The Morgan fingerprint density at radius 3 is 2.69 bits per heavy atom. The molecule has 3 aromatic rings. The summed E-state index contributed by atoms with van der Waals surface area (Å²) in [4.78, 5) is 14.3. The molecular weight excluding hydrogens is 361 g/mol. The van der Waals surface area contributed by atoms with E-state index in [1.54, 1.807) is 0 Å². The summed E-state index contributed by atoms with van der Waals surface area (Å²) in [5.74, 6) is -0.388. The van der Waals surface area contributed by atoms with Gasteiger partial charge in [0.1, 0.15) is 11.0 Å². The van der Waals surface area contributed by atoms with Crippen LogP contribution in [0, 0.1) is 12.7 Å². The van der Waals surface area contributed by atoms with Crippen LogP contribution in [-0.4, -0.2) is 27.6 Å². The van der Waals surface area contributed by atoms with Crippen LogP contribution < -0.4 is 5.32 Å². The summed E-state index contributed by atoms with van der Waals surface area (Å²) >= 11 is 5.96. The maximum Gasteiger partial charge on any atom is 0.409 e. The van der Waals surface area contributed by atoms with Crippen molar-refractivity contribution in [3.63, 3.8) is 0 Å². The standard InChI is InChI=1S/C11H9ClN2O.C7H6FNO2/c1-7-2-3-10-8(4-7)5-9(6-13-15)11(12)14-10;8-5-1-3-6(4-2-5)9-7(10)11/h2-6,15H,1H3;1-4,9H,(H,10,11)/i/hD. The molecule has 26 heavy (non-hydrogen) atoms. The number of hydrogen-bond donors (Lipinski definition) is 3. The number of benzene rings is 2. The van der Waals surface area contributed by atoms with Gasteiger partial charge >= 0.3 is 7.52 Å². The van der Waals surface area contributed by atoms with Gasteiger partial charge in [0.25, 0.3) is 0 Å². The molecule has 0 aliphatic heterocycles. The molecule has 3 N–H and O–H groups in total. The molecule has 0 aliphatic carbocycles. The third kappa shape index (κ3) is 5.42. The minimum atomic E-state index is -1.16. The molecule has 3 rings (SSSR count). The van der Waals surface area contributed by atoms with E-state index in [0.29, 0.717) is 16.4 Å². The van der Waals surface area contributed by atoms with E-state index in [0.717, 1.165) is 16.5 Å². The number of rotatable bonds is 3. The van der Waals surface area contributed by atoms with Crippen LogP contribution in [-0.2, 0) is 0 Å². The zero-order valence-electron chi connectivity index (χ0n) is 14.6. The van der Waals surface area contributed by atoms with Gasteiger partial charge in [-0.25, -0.2) is 14.2 Å². The number of oxime groups is 1. The predicted molar refractivity (Wildman–Crippen MR) is 98.9 cm³/mol. The third-order valence-corrected chi connectivity index (χ3v) is 3.54. The molecule has 0 atom stereocenters. The number of anilines is 1. The first-order chi connectivity index (χ1) is 12.9. The fourth-order valence-electron chi connectivity index (χ4n) is 2.09. The third-order valence-electron chi connectivity index (χ3n) is 3.24. The average Bonchev–Trinajstić information content (AvgIpc) is 2.62. The van der Waals surface area contributed by atoms with Gasteiger partial charge in [0.15, 0.2) is 0 Å². The molecule has 6 nitrogen and oxygen atoms in total. The Bertz CT molecular complexity index is 968. The number of carbonyl (C=O) groups is 1. The van der Waals surface area contributed by atoms with Crippen molar-refractivity contribution in [3.8, 4) is 0 Å². The number of amides is 1. The summed E-state index contributed by atoms with van der Waals surface area (Å²) in [6.07, 6.45) is 0.209. The summed E-state index contributed by atoms with van der Waals surface area (Å²) in [6, 6.07) is 12.8. The second-order valence-corrected chi connectivity index (χ2v) is 5.59. The van der Waals surface area contributed by atoms with Crippen LogP contribution in [0.5, 0.6) is 0 Å². The topological polar surface area (TPSA) is 94.8 Å². The maximum atomic E-state index is 12.2. The number of carboxylic acid groups (broad SMARTS) is 1. The quantitative estimate of drug-likeness (QED) is 0.261. The van der Waals surface area contributed by atoms with Crippen molar-refractivity contribution >= 4 is 40.5 Å². The molecule has 0 spiro atoms. The van der Waals surface area contributed by atoms with Crippen LogP contribution in [0.2, 0.25) is 6.58 Å². The van der Waals surface area contributed by atoms with Gasteiger partial charge in [-0.05, 0) is 49.4 Å². The van der Waals surface area contributed by atoms with Crippen molar-refractivity contribution in [1.82, 2.24) is 4.98 Å². The zero-order valence-corrected chi connectivity index (χ0v) is 14.4. The Labute approximate surface area is 155 Å². The molecule has 0 saturated carbocycles. The van der Waals surface area contributed by atoms with E-state index in [2.05, 4.69) is 20.7 Å². The summed E-state index contributed by atoms with van der Waals surface area (Å²) in [5, 5.41) is 18.9. The van der Waals surface area contributed by atoms with Gasteiger partial charge in [-0.15, -0.1) is 0 Å². The first-order valence-corrected chi connectivity index (χ1v) is 7.75. The number of pyridine rings is 1. The van der Waals surface area contributed by atoms with Crippen LogP contribution in [0.15, 0.2) is 53.7 Å². The number of nitrogens with zero attached hydrogens (tertiary/aromatic N) is 2. The van der Waals surface area contributed by atoms with Gasteiger partial charge in [-0.3, -0.25) is 5.32 Å². The number of aryl methyl sites for hydroxylation is 1. The smallest absolute Gasteiger partial charge is 0.409 e. The lowest BCUT2D eigenvalue weighted by molar-refractivity contribution is 0.209. The van der Waals surface area contributed by atoms with Gasteiger partial charge in [-0.1, -0.05) is 28.4 Å². The highest BCUT2D eigenvalue weighted by molar-refractivity contribution is 6.32. The van der Waals surface area contributed by atoms with E-state index in [-0.39, 0.29) is 5.82 Å². The molecule has 1 aromatic heterocycles. The largest absolute Gasteiger partial charge is 0.465 e. The maximum absolute atomic E-state index is 12.2. The molecular formula is C18H15ClFN3O3. The summed E-state index contributed by atoms with van der Waals surface area (Å²) in [5.41, 5.74) is 2.97. The molecule has 8 heteroatoms. The lowest BCUT2D eigenvalue weighted by Gasteiger charge is -2.02. The Hall–Kier alpha value is -3.19. The minimum Gasteiger partial charge on any atom is -0.465 e. The second-order valence-electron chi connectivity index (χ2n) is 5.24. The van der Waals surface area contributed by atoms with E-state index in [4.69, 9.17) is 18.1 Å². The molecule has 134 valence electrons. The average molecular weight is 377 g/mol. The summed E-state index contributed by atoms with van der Waals surface area (Å²) in [7, 11) is 0. The van der Waals surface area contributed by atoms with Crippen molar-refractivity contribution < 1.29 is 20.9 Å². The van der Waals surface area contributed by atoms with Crippen LogP contribution in [0.3, 0.4) is 0 Å². The van der Waals surface area contributed by atoms with Gasteiger partial charge < -0.3 is 10.3 Å². The molecule has 2 aromatic carbocycles. The zero-order chi connectivity index (χ0) is 19.8. The van der Waals surface area contributed by atoms with E-state index < -0.39 is 6.09 Å². The second kappa shape index (κ2) is 8.77. The number of nitrogens with one attached hydrogen (secondary N) is 1. The highest BCUT2D eigenvalue weighted by Crippen LogP contribution is 2.20. The van der Waals surface area contributed by atoms with Crippen molar-refractivity contribution in [3.05, 3.63) is 70.6 Å². The minimum absolute atomic E-state index is 0.345. The van der Waals surface area contributed by atoms with E-state index in [9.17, 15) is 9.18 Å². The first-order valence-electron chi connectivity index (χ1n) is 7.78. The van der Waals surface area contributed by atoms with Gasteiger partial charge in [0, 0.05) is 16.6 Å². The highest BCUT2D eigenvalue weighted by atomic mass is 35.5.